The molecule has 0 saturated heterocycles. The summed E-state index contributed by atoms with van der Waals surface area (Å²) in [7, 11) is 1.12. The maximum absolute atomic E-state index is 12.4. The molecule has 0 saturated carbocycles. The number of carbonyl (C=O) groups excluding carboxylic acids is 2. The van der Waals surface area contributed by atoms with Crippen LogP contribution in [0.5, 0.6) is 0 Å². The number of aliphatic hydroxyl groups excluding tert-OH is 1. The van der Waals surface area contributed by atoms with Crippen LogP contribution in [0.4, 0.5) is 0 Å². The fraction of sp³-hybridized carbons (Fsp3) is 0.263. The Morgan fingerprint density at radius 3 is 2.75 bits per heavy atom. The third kappa shape index (κ3) is 4.92. The molecule has 0 unspecified atom stereocenters. The van der Waals surface area contributed by atoms with Crippen molar-refractivity contribution in [3.63, 3.8) is 0 Å². The zero-order valence-electron chi connectivity index (χ0n) is 15.5. The van der Waals surface area contributed by atoms with E-state index in [0.717, 1.165) is 12.6 Å². The van der Waals surface area contributed by atoms with Crippen LogP contribution in [-0.4, -0.2) is 53.4 Å². The molecular weight excluding hydrogens is 388 g/mol. The lowest BCUT2D eigenvalue weighted by Gasteiger charge is -2.22. The minimum Gasteiger partial charge on any atom is -0.505 e. The highest BCUT2D eigenvalue weighted by molar-refractivity contribution is 6.27. The van der Waals surface area contributed by atoms with Crippen LogP contribution < -0.4 is 0 Å². The molecule has 0 spiro atoms. The van der Waals surface area contributed by atoms with Gasteiger partial charge in [-0.05, 0) is 13.0 Å². The van der Waals surface area contributed by atoms with Gasteiger partial charge in [-0.1, -0.05) is 30.4 Å². The number of esters is 1. The molecule has 9 heteroatoms. The number of aliphatic hydroxyl groups is 1. The number of hydrogen-bond acceptors (Lipinski definition) is 6. The molecule has 1 amide bonds. The van der Waals surface area contributed by atoms with Crippen molar-refractivity contribution in [3.05, 3.63) is 53.9 Å². The smallest absolute Gasteiger partial charge is 0.361 e. The number of fused-ring (bicyclic) bond motifs is 1. The fourth-order valence-corrected chi connectivity index (χ4v) is 2.49. The van der Waals surface area contributed by atoms with Gasteiger partial charge in [0.05, 0.1) is 13.7 Å². The minimum atomic E-state index is -0.977. The number of alkyl halides is 1. The van der Waals surface area contributed by atoms with Crippen LogP contribution in [-0.2, 0) is 23.9 Å². The SMILES string of the molecule is C/C=C\COCON(C(=O)CCl)/C(C(=O)OC)=C(\O)c1c[nH]c2ccccc12. The average Bonchev–Trinajstić information content (AvgIpc) is 3.15. The second kappa shape index (κ2) is 10.5. The Hall–Kier alpha value is -2.81. The summed E-state index contributed by atoms with van der Waals surface area (Å²) >= 11 is 5.64. The van der Waals surface area contributed by atoms with E-state index >= 15 is 0 Å². The van der Waals surface area contributed by atoms with Gasteiger partial charge in [-0.25, -0.2) is 9.63 Å². The zero-order valence-corrected chi connectivity index (χ0v) is 16.2. The number of rotatable bonds is 9. The van der Waals surface area contributed by atoms with Crippen LogP contribution in [0.3, 0.4) is 0 Å². The molecule has 8 nitrogen and oxygen atoms in total. The molecular formula is C19H21ClN2O6. The first-order valence-electron chi connectivity index (χ1n) is 8.33. The van der Waals surface area contributed by atoms with Gasteiger partial charge in [-0.15, -0.1) is 11.6 Å². The van der Waals surface area contributed by atoms with Crippen molar-refractivity contribution in [1.82, 2.24) is 10.0 Å². The Morgan fingerprint density at radius 1 is 1.32 bits per heavy atom. The predicted octanol–water partition coefficient (Wildman–Crippen LogP) is 3.12. The molecule has 28 heavy (non-hydrogen) atoms. The molecule has 1 aromatic heterocycles. The monoisotopic (exact) mass is 408 g/mol. The Bertz CT molecular complexity index is 889. The molecule has 2 aromatic rings. The number of allylic oxidation sites excluding steroid dienone is 1. The second-order valence-electron chi connectivity index (χ2n) is 5.45. The normalized spacial score (nSPS) is 12.2. The van der Waals surface area contributed by atoms with E-state index in [-0.39, 0.29) is 13.4 Å². The third-order valence-electron chi connectivity index (χ3n) is 3.71. The number of benzene rings is 1. The average molecular weight is 409 g/mol. The molecule has 2 rings (SSSR count). The standard InChI is InChI=1S/C19H21ClN2O6/c1-3-4-9-27-12-28-22(16(23)10-20)17(19(25)26-2)18(24)14-11-21-15-8-6-5-7-13(14)15/h3-8,11,21,24H,9-10,12H2,1-2H3/b4-3-,18-17-. The van der Waals surface area contributed by atoms with E-state index in [0.29, 0.717) is 16.0 Å². The fourth-order valence-electron chi connectivity index (χ4n) is 2.39. The van der Waals surface area contributed by atoms with E-state index < -0.39 is 29.2 Å². The minimum absolute atomic E-state index is 0.241. The number of para-hydroxylation sites is 1. The summed E-state index contributed by atoms with van der Waals surface area (Å²) < 4.78 is 9.92. The zero-order chi connectivity index (χ0) is 20.5. The quantitative estimate of drug-likeness (QED) is 0.0966. The van der Waals surface area contributed by atoms with Crippen molar-refractivity contribution >= 4 is 40.1 Å². The number of hydroxylamine groups is 2. The number of nitrogens with zero attached hydrogens (tertiary/aromatic N) is 1. The molecule has 0 aliphatic rings. The molecule has 0 fully saturated rings. The number of amides is 1. The number of ether oxygens (including phenoxy) is 2. The molecule has 1 aromatic carbocycles. The number of aromatic nitrogens is 1. The molecule has 0 aliphatic heterocycles. The number of halogens is 1. The van der Waals surface area contributed by atoms with Crippen LogP contribution in [0, 0.1) is 0 Å². The van der Waals surface area contributed by atoms with Crippen LogP contribution in [0.25, 0.3) is 16.7 Å². The van der Waals surface area contributed by atoms with Gasteiger partial charge in [-0.2, -0.15) is 5.06 Å². The first-order chi connectivity index (χ1) is 13.5. The van der Waals surface area contributed by atoms with Gasteiger partial charge < -0.3 is 19.6 Å². The Labute approximate surface area is 166 Å². The Morgan fingerprint density at radius 2 is 2.07 bits per heavy atom. The molecule has 0 atom stereocenters. The number of methoxy groups -OCH3 is 1. The van der Waals surface area contributed by atoms with Crippen molar-refractivity contribution in [1.29, 1.82) is 0 Å². The van der Waals surface area contributed by atoms with Gasteiger partial charge in [0, 0.05) is 22.7 Å². The maximum atomic E-state index is 12.4. The summed E-state index contributed by atoms with van der Waals surface area (Å²) in [5.74, 6) is -2.75. The summed E-state index contributed by atoms with van der Waals surface area (Å²) in [6.07, 6.45) is 5.02. The molecule has 0 aliphatic carbocycles. The predicted molar refractivity (Wildman–Crippen MR) is 104 cm³/mol. The Kier molecular flexibility index (Phi) is 8.06. The topological polar surface area (TPSA) is 101 Å². The molecule has 2 N–H and O–H groups in total. The van der Waals surface area contributed by atoms with Crippen molar-refractivity contribution in [2.24, 2.45) is 0 Å². The lowest BCUT2D eigenvalue weighted by Crippen LogP contribution is -2.36. The van der Waals surface area contributed by atoms with Gasteiger partial charge in [0.1, 0.15) is 5.88 Å². The number of carbonyl (C=O) groups is 2. The largest absolute Gasteiger partial charge is 0.505 e. The number of H-pyrrole nitrogens is 1. The molecule has 150 valence electrons. The number of aromatic amines is 1. The number of hydrogen-bond donors (Lipinski definition) is 2. The first kappa shape index (κ1) is 21.5. The summed E-state index contributed by atoms with van der Waals surface area (Å²) in [6, 6.07) is 7.15. The Balaban J connectivity index is 2.46. The molecule has 1 heterocycles. The van der Waals surface area contributed by atoms with Gasteiger partial charge >= 0.3 is 5.97 Å². The first-order valence-corrected chi connectivity index (χ1v) is 8.87. The highest BCUT2D eigenvalue weighted by Crippen LogP contribution is 2.27. The van der Waals surface area contributed by atoms with Crippen LogP contribution in [0.15, 0.2) is 48.3 Å². The van der Waals surface area contributed by atoms with E-state index in [1.807, 2.05) is 13.0 Å². The third-order valence-corrected chi connectivity index (χ3v) is 3.93. The van der Waals surface area contributed by atoms with Crippen molar-refractivity contribution < 1.29 is 29.0 Å². The van der Waals surface area contributed by atoms with Crippen LogP contribution >= 0.6 is 11.6 Å². The van der Waals surface area contributed by atoms with E-state index in [1.54, 1.807) is 30.4 Å². The lowest BCUT2D eigenvalue weighted by atomic mass is 10.1. The van der Waals surface area contributed by atoms with Gasteiger partial charge in [0.25, 0.3) is 5.91 Å². The van der Waals surface area contributed by atoms with Crippen molar-refractivity contribution in [3.8, 4) is 0 Å². The summed E-state index contributed by atoms with van der Waals surface area (Å²) in [5, 5.41) is 12.0. The summed E-state index contributed by atoms with van der Waals surface area (Å²) in [5.41, 5.74) is 0.522. The van der Waals surface area contributed by atoms with Crippen molar-refractivity contribution in [2.45, 2.75) is 6.92 Å². The highest BCUT2D eigenvalue weighted by atomic mass is 35.5. The lowest BCUT2D eigenvalue weighted by molar-refractivity contribution is -0.209. The second-order valence-corrected chi connectivity index (χ2v) is 5.71. The maximum Gasteiger partial charge on any atom is 0.361 e. The van der Waals surface area contributed by atoms with Gasteiger partial charge in [0.15, 0.2) is 18.2 Å². The molecule has 0 bridgehead atoms. The van der Waals surface area contributed by atoms with Gasteiger partial charge in [-0.3, -0.25) is 4.79 Å². The van der Waals surface area contributed by atoms with Crippen molar-refractivity contribution in [2.75, 3.05) is 26.4 Å². The van der Waals surface area contributed by atoms with E-state index in [1.165, 1.54) is 6.20 Å². The number of nitrogens with one attached hydrogen (secondary N) is 1. The van der Waals surface area contributed by atoms with E-state index in [2.05, 4.69) is 4.98 Å². The van der Waals surface area contributed by atoms with Crippen LogP contribution in [0.1, 0.15) is 12.5 Å². The van der Waals surface area contributed by atoms with Crippen LogP contribution in [0.2, 0.25) is 0 Å². The van der Waals surface area contributed by atoms with Gasteiger partial charge in [0.2, 0.25) is 0 Å². The summed E-state index contributed by atoms with van der Waals surface area (Å²) in [6.45, 7) is 1.71. The highest BCUT2D eigenvalue weighted by Gasteiger charge is 2.31. The van der Waals surface area contributed by atoms with E-state index in [4.69, 9.17) is 25.9 Å². The molecule has 0 radical (unpaired) electrons. The van der Waals surface area contributed by atoms with E-state index in [9.17, 15) is 14.7 Å². The summed E-state index contributed by atoms with van der Waals surface area (Å²) in [4.78, 5) is 32.9.